The molecule has 1 N–H and O–H groups in total. The lowest BCUT2D eigenvalue weighted by atomic mass is 10.1. The van der Waals surface area contributed by atoms with Crippen molar-refractivity contribution in [3.8, 4) is 0 Å². The van der Waals surface area contributed by atoms with Crippen LogP contribution in [0.25, 0.3) is 0 Å². The van der Waals surface area contributed by atoms with Gasteiger partial charge in [-0.05, 0) is 12.1 Å². The number of halogens is 5. The summed E-state index contributed by atoms with van der Waals surface area (Å²) in [6, 6.07) is 1.70. The Morgan fingerprint density at radius 3 is 2.52 bits per heavy atom. The smallest absolute Gasteiger partial charge is 0.364 e. The summed E-state index contributed by atoms with van der Waals surface area (Å²) in [4.78, 5) is 3.55. The van der Waals surface area contributed by atoms with Gasteiger partial charge in [-0.1, -0.05) is 5.21 Å². The highest BCUT2D eigenvalue weighted by atomic mass is 19.4. The first kappa shape index (κ1) is 15.1. The van der Waals surface area contributed by atoms with Crippen LogP contribution in [0.15, 0.2) is 24.5 Å². The van der Waals surface area contributed by atoms with Gasteiger partial charge in [0.05, 0.1) is 24.0 Å². The number of anilines is 1. The summed E-state index contributed by atoms with van der Waals surface area (Å²) in [5.41, 5.74) is -0.727. The van der Waals surface area contributed by atoms with E-state index in [4.69, 9.17) is 0 Å². The highest BCUT2D eigenvalue weighted by Crippen LogP contribution is 2.45. The van der Waals surface area contributed by atoms with Crippen LogP contribution >= 0.6 is 0 Å². The van der Waals surface area contributed by atoms with E-state index in [0.717, 1.165) is 12.3 Å². The molecular formula is C11H10F5N5. The van der Waals surface area contributed by atoms with E-state index in [2.05, 4.69) is 20.6 Å². The fourth-order valence-electron chi connectivity index (χ4n) is 1.60. The van der Waals surface area contributed by atoms with Crippen LogP contribution in [0.3, 0.4) is 0 Å². The summed E-state index contributed by atoms with van der Waals surface area (Å²) in [7, 11) is 1.56. The number of aromatic nitrogens is 4. The molecule has 0 saturated carbocycles. The molecule has 0 atom stereocenters. The molecule has 0 unspecified atom stereocenters. The van der Waals surface area contributed by atoms with Crippen molar-refractivity contribution in [3.63, 3.8) is 0 Å². The first-order valence-electron chi connectivity index (χ1n) is 5.71. The van der Waals surface area contributed by atoms with Gasteiger partial charge >= 0.3 is 12.1 Å². The monoisotopic (exact) mass is 307 g/mol. The third-order valence-corrected chi connectivity index (χ3v) is 2.75. The van der Waals surface area contributed by atoms with Crippen LogP contribution in [-0.2, 0) is 19.5 Å². The van der Waals surface area contributed by atoms with Crippen LogP contribution in [0.1, 0.15) is 11.3 Å². The summed E-state index contributed by atoms with van der Waals surface area (Å²) >= 11 is 0. The van der Waals surface area contributed by atoms with E-state index < -0.39 is 23.5 Å². The summed E-state index contributed by atoms with van der Waals surface area (Å²) in [6.07, 6.45) is -3.21. The second kappa shape index (κ2) is 5.26. The summed E-state index contributed by atoms with van der Waals surface area (Å²) in [5, 5.41) is 9.63. The number of hydrogen-bond donors (Lipinski definition) is 1. The molecule has 0 fully saturated rings. The van der Waals surface area contributed by atoms with E-state index in [1.54, 1.807) is 7.05 Å². The van der Waals surface area contributed by atoms with Crippen molar-refractivity contribution < 1.29 is 22.0 Å². The van der Waals surface area contributed by atoms with Crippen molar-refractivity contribution in [1.82, 2.24) is 20.0 Å². The summed E-state index contributed by atoms with van der Waals surface area (Å²) < 4.78 is 65.6. The number of rotatable bonds is 4. The Labute approximate surface area is 115 Å². The molecule has 0 saturated heterocycles. The standard InChI is InChI=1S/C11H10F5N5/c1-21-7(6-19-20-21)5-18-9-8(3-2-4-17-9)10(12,13)11(14,15)16/h2-4,6H,5H2,1H3,(H,17,18). The van der Waals surface area contributed by atoms with Crippen molar-refractivity contribution in [2.24, 2.45) is 7.05 Å². The molecule has 0 spiro atoms. The second-order valence-corrected chi connectivity index (χ2v) is 4.17. The van der Waals surface area contributed by atoms with Crippen LogP contribution in [0, 0.1) is 0 Å². The SMILES string of the molecule is Cn1nncc1CNc1ncccc1C(F)(F)C(F)(F)F. The molecule has 0 bridgehead atoms. The zero-order valence-electron chi connectivity index (χ0n) is 10.7. The largest absolute Gasteiger partial charge is 0.458 e. The maximum atomic E-state index is 13.4. The predicted octanol–water partition coefficient (Wildman–Crippen LogP) is 2.48. The molecule has 0 aliphatic heterocycles. The van der Waals surface area contributed by atoms with Crippen LogP contribution in [0.5, 0.6) is 0 Å². The van der Waals surface area contributed by atoms with Gasteiger partial charge in [0.25, 0.3) is 0 Å². The molecule has 5 nitrogen and oxygen atoms in total. The van der Waals surface area contributed by atoms with E-state index >= 15 is 0 Å². The molecule has 2 aromatic rings. The Bertz CT molecular complexity index is 621. The quantitative estimate of drug-likeness (QED) is 0.882. The van der Waals surface area contributed by atoms with Crippen molar-refractivity contribution >= 4 is 5.82 Å². The van der Waals surface area contributed by atoms with Gasteiger partial charge in [-0.2, -0.15) is 22.0 Å². The first-order chi connectivity index (χ1) is 9.73. The van der Waals surface area contributed by atoms with Gasteiger partial charge in [0.15, 0.2) is 0 Å². The minimum absolute atomic E-state index is 0.0402. The Kier molecular flexibility index (Phi) is 3.79. The van der Waals surface area contributed by atoms with Gasteiger partial charge in [0, 0.05) is 13.2 Å². The molecule has 0 aromatic carbocycles. The molecule has 2 rings (SSSR count). The molecule has 0 radical (unpaired) electrons. The number of aryl methyl sites for hydroxylation is 1. The number of pyridine rings is 1. The maximum Gasteiger partial charge on any atom is 0.458 e. The Hall–Kier alpha value is -2.26. The zero-order chi connectivity index (χ0) is 15.7. The molecule has 10 heteroatoms. The third kappa shape index (κ3) is 2.93. The van der Waals surface area contributed by atoms with E-state index in [9.17, 15) is 22.0 Å². The maximum absolute atomic E-state index is 13.4. The Balaban J connectivity index is 2.27. The molecule has 21 heavy (non-hydrogen) atoms. The fourth-order valence-corrected chi connectivity index (χ4v) is 1.60. The lowest BCUT2D eigenvalue weighted by molar-refractivity contribution is -0.289. The van der Waals surface area contributed by atoms with Gasteiger partial charge in [0.1, 0.15) is 5.82 Å². The first-order valence-corrected chi connectivity index (χ1v) is 5.71. The number of hydrogen-bond acceptors (Lipinski definition) is 4. The van der Waals surface area contributed by atoms with Crippen LogP contribution in [-0.4, -0.2) is 26.2 Å². The second-order valence-electron chi connectivity index (χ2n) is 4.17. The van der Waals surface area contributed by atoms with Gasteiger partial charge in [-0.15, -0.1) is 5.10 Å². The molecule has 0 amide bonds. The Morgan fingerprint density at radius 2 is 1.95 bits per heavy atom. The van der Waals surface area contributed by atoms with Crippen LogP contribution in [0.4, 0.5) is 27.8 Å². The minimum atomic E-state index is -5.69. The van der Waals surface area contributed by atoms with Gasteiger partial charge < -0.3 is 5.32 Å². The van der Waals surface area contributed by atoms with E-state index in [0.29, 0.717) is 11.8 Å². The molecule has 114 valence electrons. The highest BCUT2D eigenvalue weighted by Gasteiger charge is 2.59. The van der Waals surface area contributed by atoms with Gasteiger partial charge in [0.2, 0.25) is 0 Å². The van der Waals surface area contributed by atoms with Crippen molar-refractivity contribution in [3.05, 3.63) is 35.8 Å². The van der Waals surface area contributed by atoms with Crippen molar-refractivity contribution in [2.75, 3.05) is 5.32 Å². The van der Waals surface area contributed by atoms with Gasteiger partial charge in [-0.3, -0.25) is 4.68 Å². The molecule has 2 heterocycles. The molecule has 2 aromatic heterocycles. The van der Waals surface area contributed by atoms with Crippen LogP contribution in [0.2, 0.25) is 0 Å². The average Bonchev–Trinajstić information content (AvgIpc) is 2.81. The number of nitrogens with one attached hydrogen (secondary N) is 1. The minimum Gasteiger partial charge on any atom is -0.364 e. The average molecular weight is 307 g/mol. The highest BCUT2D eigenvalue weighted by molar-refractivity contribution is 5.47. The third-order valence-electron chi connectivity index (χ3n) is 2.75. The number of alkyl halides is 5. The molecular weight excluding hydrogens is 297 g/mol. The predicted molar refractivity (Wildman–Crippen MR) is 62.5 cm³/mol. The summed E-state index contributed by atoms with van der Waals surface area (Å²) in [6.45, 7) is -0.0402. The summed E-state index contributed by atoms with van der Waals surface area (Å²) in [5.74, 6) is -5.53. The fraction of sp³-hybridized carbons (Fsp3) is 0.364. The number of nitrogens with zero attached hydrogens (tertiary/aromatic N) is 4. The molecule has 0 aliphatic rings. The van der Waals surface area contributed by atoms with Crippen LogP contribution < -0.4 is 5.32 Å². The van der Waals surface area contributed by atoms with E-state index in [1.807, 2.05) is 0 Å². The van der Waals surface area contributed by atoms with E-state index in [1.165, 1.54) is 10.9 Å². The topological polar surface area (TPSA) is 55.6 Å². The molecule has 0 aliphatic carbocycles. The van der Waals surface area contributed by atoms with Crippen molar-refractivity contribution in [2.45, 2.75) is 18.6 Å². The zero-order valence-corrected chi connectivity index (χ0v) is 10.7. The van der Waals surface area contributed by atoms with E-state index in [-0.39, 0.29) is 6.54 Å². The lowest BCUT2D eigenvalue weighted by Gasteiger charge is -2.22. The normalized spacial score (nSPS) is 12.5. The lowest BCUT2D eigenvalue weighted by Crippen LogP contribution is -2.34. The Morgan fingerprint density at radius 1 is 1.24 bits per heavy atom. The van der Waals surface area contributed by atoms with Crippen molar-refractivity contribution in [1.29, 1.82) is 0 Å². The van der Waals surface area contributed by atoms with Gasteiger partial charge in [-0.25, -0.2) is 4.98 Å².